The molecule has 110 valence electrons. The van der Waals surface area contributed by atoms with Crippen molar-refractivity contribution >= 4 is 11.6 Å². The third-order valence-corrected chi connectivity index (χ3v) is 3.63. The number of hydrogen-bond acceptors (Lipinski definition) is 2. The summed E-state index contributed by atoms with van der Waals surface area (Å²) in [6, 6.07) is 13.7. The highest BCUT2D eigenvalue weighted by atomic mass is 16.1. The van der Waals surface area contributed by atoms with E-state index in [0.29, 0.717) is 6.42 Å². The molecular formula is C18H22N2O. The summed E-state index contributed by atoms with van der Waals surface area (Å²) in [4.78, 5) is 12.1. The van der Waals surface area contributed by atoms with E-state index < -0.39 is 0 Å². The van der Waals surface area contributed by atoms with E-state index in [0.717, 1.165) is 16.8 Å². The lowest BCUT2D eigenvalue weighted by Crippen LogP contribution is -2.15. The second-order valence-corrected chi connectivity index (χ2v) is 5.56. The van der Waals surface area contributed by atoms with E-state index in [-0.39, 0.29) is 11.9 Å². The molecule has 0 saturated carbocycles. The largest absolute Gasteiger partial charge is 0.326 e. The molecule has 0 spiro atoms. The topological polar surface area (TPSA) is 55.1 Å². The lowest BCUT2D eigenvalue weighted by atomic mass is 10.0. The number of carbonyl (C=O) groups is 1. The summed E-state index contributed by atoms with van der Waals surface area (Å²) in [6.07, 6.45) is 0.378. The predicted octanol–water partition coefficient (Wildman–Crippen LogP) is 3.50. The van der Waals surface area contributed by atoms with Crippen LogP contribution in [-0.2, 0) is 11.2 Å². The first-order valence-corrected chi connectivity index (χ1v) is 7.17. The Labute approximate surface area is 126 Å². The van der Waals surface area contributed by atoms with E-state index in [1.807, 2.05) is 37.3 Å². The maximum Gasteiger partial charge on any atom is 0.228 e. The molecule has 1 atom stereocenters. The fourth-order valence-corrected chi connectivity index (χ4v) is 2.20. The van der Waals surface area contributed by atoms with E-state index in [4.69, 9.17) is 5.73 Å². The van der Waals surface area contributed by atoms with Gasteiger partial charge in [-0.2, -0.15) is 0 Å². The Hall–Kier alpha value is -2.13. The Balaban J connectivity index is 2.04. The number of anilines is 1. The van der Waals surface area contributed by atoms with Gasteiger partial charge in [-0.15, -0.1) is 0 Å². The molecule has 3 heteroatoms. The minimum absolute atomic E-state index is 0.0138. The molecule has 0 aliphatic rings. The normalized spacial score (nSPS) is 12.0. The maximum absolute atomic E-state index is 12.1. The highest BCUT2D eigenvalue weighted by Crippen LogP contribution is 2.16. The zero-order valence-corrected chi connectivity index (χ0v) is 12.8. The third kappa shape index (κ3) is 4.17. The van der Waals surface area contributed by atoms with Crippen molar-refractivity contribution in [3.8, 4) is 0 Å². The van der Waals surface area contributed by atoms with Crippen LogP contribution < -0.4 is 11.1 Å². The zero-order chi connectivity index (χ0) is 15.4. The van der Waals surface area contributed by atoms with Crippen LogP contribution in [0.2, 0.25) is 0 Å². The highest BCUT2D eigenvalue weighted by molar-refractivity contribution is 5.92. The maximum atomic E-state index is 12.1. The van der Waals surface area contributed by atoms with Crippen LogP contribution >= 0.6 is 0 Å². The minimum atomic E-state index is -0.0402. The fraction of sp³-hybridized carbons (Fsp3) is 0.278. The summed E-state index contributed by atoms with van der Waals surface area (Å²) in [7, 11) is 0. The van der Waals surface area contributed by atoms with Crippen molar-refractivity contribution in [2.75, 3.05) is 5.32 Å². The van der Waals surface area contributed by atoms with Crippen LogP contribution in [0.15, 0.2) is 42.5 Å². The Morgan fingerprint density at radius 2 is 1.90 bits per heavy atom. The van der Waals surface area contributed by atoms with E-state index >= 15 is 0 Å². The van der Waals surface area contributed by atoms with Crippen molar-refractivity contribution in [1.29, 1.82) is 0 Å². The van der Waals surface area contributed by atoms with Crippen molar-refractivity contribution < 1.29 is 4.79 Å². The monoisotopic (exact) mass is 282 g/mol. The third-order valence-electron chi connectivity index (χ3n) is 3.63. The first-order chi connectivity index (χ1) is 9.95. The summed E-state index contributed by atoms with van der Waals surface area (Å²) >= 11 is 0. The Morgan fingerprint density at radius 1 is 1.14 bits per heavy atom. The standard InChI is InChI=1S/C18H22N2O/c1-12-7-8-15(9-13(12)2)10-18(21)20-17-6-4-5-16(11-17)14(3)19/h4-9,11,14H,10,19H2,1-3H3,(H,20,21). The number of carbonyl (C=O) groups excluding carboxylic acids is 1. The molecule has 0 aliphatic heterocycles. The molecule has 3 nitrogen and oxygen atoms in total. The van der Waals surface area contributed by atoms with Crippen LogP contribution in [0.4, 0.5) is 5.69 Å². The van der Waals surface area contributed by atoms with Crippen LogP contribution in [0.25, 0.3) is 0 Å². The predicted molar refractivity (Wildman–Crippen MR) is 87.3 cm³/mol. The first kappa shape index (κ1) is 15.3. The number of nitrogens with one attached hydrogen (secondary N) is 1. The summed E-state index contributed by atoms with van der Waals surface area (Å²) in [5.41, 5.74) is 11.1. The first-order valence-electron chi connectivity index (χ1n) is 7.17. The molecule has 2 aromatic rings. The SMILES string of the molecule is Cc1ccc(CC(=O)Nc2cccc(C(C)N)c2)cc1C. The van der Waals surface area contributed by atoms with Crippen molar-refractivity contribution in [3.63, 3.8) is 0 Å². The van der Waals surface area contributed by atoms with Gasteiger partial charge in [0, 0.05) is 11.7 Å². The molecule has 0 bridgehead atoms. The summed E-state index contributed by atoms with van der Waals surface area (Å²) in [6.45, 7) is 6.05. The lowest BCUT2D eigenvalue weighted by Gasteiger charge is -2.10. The van der Waals surface area contributed by atoms with Gasteiger partial charge in [-0.05, 0) is 55.2 Å². The molecule has 1 amide bonds. The van der Waals surface area contributed by atoms with Crippen molar-refractivity contribution in [2.45, 2.75) is 33.2 Å². The quantitative estimate of drug-likeness (QED) is 0.901. The van der Waals surface area contributed by atoms with Gasteiger partial charge in [0.25, 0.3) is 0 Å². The summed E-state index contributed by atoms with van der Waals surface area (Å²) in [5.74, 6) is -0.0138. The van der Waals surface area contributed by atoms with Crippen molar-refractivity contribution in [3.05, 3.63) is 64.7 Å². The van der Waals surface area contributed by atoms with Gasteiger partial charge in [-0.1, -0.05) is 30.3 Å². The number of nitrogens with two attached hydrogens (primary N) is 1. The molecule has 0 aromatic heterocycles. The van der Waals surface area contributed by atoms with Crippen LogP contribution in [0.3, 0.4) is 0 Å². The van der Waals surface area contributed by atoms with Crippen LogP contribution in [0, 0.1) is 13.8 Å². The number of aryl methyl sites for hydroxylation is 2. The summed E-state index contributed by atoms with van der Waals surface area (Å²) in [5, 5.41) is 2.93. The zero-order valence-electron chi connectivity index (χ0n) is 12.8. The molecule has 0 saturated heterocycles. The highest BCUT2D eigenvalue weighted by Gasteiger charge is 2.06. The second-order valence-electron chi connectivity index (χ2n) is 5.56. The van der Waals surface area contributed by atoms with Gasteiger partial charge in [-0.3, -0.25) is 4.79 Å². The molecule has 2 rings (SSSR count). The van der Waals surface area contributed by atoms with Gasteiger partial charge in [0.15, 0.2) is 0 Å². The van der Waals surface area contributed by atoms with Crippen LogP contribution in [0.1, 0.15) is 35.2 Å². The van der Waals surface area contributed by atoms with E-state index in [1.165, 1.54) is 11.1 Å². The smallest absolute Gasteiger partial charge is 0.228 e. The van der Waals surface area contributed by atoms with Crippen molar-refractivity contribution in [2.24, 2.45) is 5.73 Å². The number of benzene rings is 2. The van der Waals surface area contributed by atoms with Gasteiger partial charge in [0.1, 0.15) is 0 Å². The molecule has 0 heterocycles. The molecular weight excluding hydrogens is 260 g/mol. The molecule has 0 radical (unpaired) electrons. The average Bonchev–Trinajstić information content (AvgIpc) is 2.43. The van der Waals surface area contributed by atoms with Gasteiger partial charge in [-0.25, -0.2) is 0 Å². The van der Waals surface area contributed by atoms with E-state index in [9.17, 15) is 4.79 Å². The van der Waals surface area contributed by atoms with Gasteiger partial charge < -0.3 is 11.1 Å². The number of amides is 1. The summed E-state index contributed by atoms with van der Waals surface area (Å²) < 4.78 is 0. The molecule has 21 heavy (non-hydrogen) atoms. The van der Waals surface area contributed by atoms with E-state index in [1.54, 1.807) is 0 Å². The Kier molecular flexibility index (Phi) is 4.76. The molecule has 3 N–H and O–H groups in total. The Morgan fingerprint density at radius 3 is 2.57 bits per heavy atom. The molecule has 1 unspecified atom stereocenters. The van der Waals surface area contributed by atoms with Crippen LogP contribution in [0.5, 0.6) is 0 Å². The van der Waals surface area contributed by atoms with Gasteiger partial charge >= 0.3 is 0 Å². The van der Waals surface area contributed by atoms with Crippen molar-refractivity contribution in [1.82, 2.24) is 0 Å². The molecule has 0 fully saturated rings. The lowest BCUT2D eigenvalue weighted by molar-refractivity contribution is -0.115. The number of rotatable bonds is 4. The van der Waals surface area contributed by atoms with Crippen LogP contribution in [-0.4, -0.2) is 5.91 Å². The fourth-order valence-electron chi connectivity index (χ4n) is 2.20. The van der Waals surface area contributed by atoms with Gasteiger partial charge in [0.2, 0.25) is 5.91 Å². The Bertz CT molecular complexity index is 647. The molecule has 2 aromatic carbocycles. The van der Waals surface area contributed by atoms with Gasteiger partial charge in [0.05, 0.1) is 6.42 Å². The molecule has 0 aliphatic carbocycles. The average molecular weight is 282 g/mol. The minimum Gasteiger partial charge on any atom is -0.326 e. The van der Waals surface area contributed by atoms with E-state index in [2.05, 4.69) is 31.3 Å². The second kappa shape index (κ2) is 6.55. The number of hydrogen-bond donors (Lipinski definition) is 2.